The highest BCUT2D eigenvalue weighted by molar-refractivity contribution is 7.92. The van der Waals surface area contributed by atoms with E-state index in [1.54, 1.807) is 13.8 Å². The second-order valence-corrected chi connectivity index (χ2v) is 8.52. The number of rotatable bonds is 5. The van der Waals surface area contributed by atoms with Gasteiger partial charge in [0.05, 0.1) is 22.2 Å². The van der Waals surface area contributed by atoms with E-state index in [4.69, 9.17) is 11.6 Å². The Bertz CT molecular complexity index is 667. The lowest BCUT2D eigenvalue weighted by atomic mass is 10.0. The molecule has 2 rings (SSSR count). The largest absolute Gasteiger partial charge is 0.324 e. The Morgan fingerprint density at radius 1 is 1.48 bits per heavy atom. The molecule has 0 saturated heterocycles. The van der Waals surface area contributed by atoms with Gasteiger partial charge in [0.2, 0.25) is 5.91 Å². The molecule has 1 heterocycles. The van der Waals surface area contributed by atoms with Crippen molar-refractivity contribution < 1.29 is 13.2 Å². The van der Waals surface area contributed by atoms with Crippen molar-refractivity contribution in [2.45, 2.75) is 50.3 Å². The Morgan fingerprint density at radius 2 is 2.10 bits per heavy atom. The lowest BCUT2D eigenvalue weighted by Gasteiger charge is -2.14. The van der Waals surface area contributed by atoms with Crippen LogP contribution in [0, 0.1) is 5.41 Å². The fourth-order valence-corrected chi connectivity index (χ4v) is 3.55. The van der Waals surface area contributed by atoms with E-state index in [1.165, 1.54) is 12.3 Å². The molecule has 1 amide bonds. The van der Waals surface area contributed by atoms with Crippen LogP contribution in [0.3, 0.4) is 0 Å². The zero-order chi connectivity index (χ0) is 15.8. The average Bonchev–Trinajstić information content (AvgIpc) is 3.19. The highest BCUT2D eigenvalue weighted by Crippen LogP contribution is 2.49. The van der Waals surface area contributed by atoms with Gasteiger partial charge < -0.3 is 5.32 Å². The van der Waals surface area contributed by atoms with Crippen LogP contribution in [0.15, 0.2) is 17.3 Å². The average molecular weight is 331 g/mol. The van der Waals surface area contributed by atoms with Gasteiger partial charge in [-0.1, -0.05) is 18.5 Å². The number of nitrogens with zero attached hydrogens (tertiary/aromatic N) is 1. The third-order valence-corrected chi connectivity index (χ3v) is 6.47. The predicted molar refractivity (Wildman–Crippen MR) is 82.2 cm³/mol. The zero-order valence-corrected chi connectivity index (χ0v) is 13.9. The zero-order valence-electron chi connectivity index (χ0n) is 12.3. The van der Waals surface area contributed by atoms with Crippen molar-refractivity contribution in [2.75, 3.05) is 5.32 Å². The molecule has 0 unspecified atom stereocenters. The summed E-state index contributed by atoms with van der Waals surface area (Å²) in [6, 6.07) is 1.44. The molecule has 0 radical (unpaired) electrons. The standard InChI is InChI=1S/C14H19ClN2O3S/c1-4-14(5-6-14)13(18)17-10-7-11(15)12(16-8-10)21(19,20)9(2)3/h7-9H,4-6H2,1-3H3,(H,17,18). The van der Waals surface area contributed by atoms with Gasteiger partial charge in [-0.3, -0.25) is 4.79 Å². The molecule has 0 bridgehead atoms. The summed E-state index contributed by atoms with van der Waals surface area (Å²) in [6.45, 7) is 5.12. The Labute approximate surface area is 130 Å². The molecule has 0 spiro atoms. The van der Waals surface area contributed by atoms with Gasteiger partial charge in [-0.05, 0) is 39.2 Å². The van der Waals surface area contributed by atoms with E-state index in [9.17, 15) is 13.2 Å². The maximum absolute atomic E-state index is 12.1. The first kappa shape index (κ1) is 16.2. The Kier molecular flexibility index (Phi) is 4.31. The first-order valence-corrected chi connectivity index (χ1v) is 8.86. The van der Waals surface area contributed by atoms with Crippen LogP contribution in [-0.4, -0.2) is 24.6 Å². The molecular weight excluding hydrogens is 312 g/mol. The van der Waals surface area contributed by atoms with Gasteiger partial charge in [0.25, 0.3) is 0 Å². The summed E-state index contributed by atoms with van der Waals surface area (Å²) in [7, 11) is -3.53. The number of hydrogen-bond donors (Lipinski definition) is 1. The predicted octanol–water partition coefficient (Wildman–Crippen LogP) is 3.05. The molecule has 1 aliphatic rings. The van der Waals surface area contributed by atoms with Crippen molar-refractivity contribution >= 4 is 33.0 Å². The number of amides is 1. The van der Waals surface area contributed by atoms with Crippen LogP contribution in [0.5, 0.6) is 0 Å². The van der Waals surface area contributed by atoms with Crippen LogP contribution in [0.4, 0.5) is 5.69 Å². The molecule has 1 fully saturated rings. The minimum Gasteiger partial charge on any atom is -0.324 e. The van der Waals surface area contributed by atoms with Gasteiger partial charge in [0.1, 0.15) is 0 Å². The van der Waals surface area contributed by atoms with Gasteiger partial charge in [-0.15, -0.1) is 0 Å². The summed E-state index contributed by atoms with van der Waals surface area (Å²) in [5, 5.41) is 2.05. The lowest BCUT2D eigenvalue weighted by Crippen LogP contribution is -2.23. The van der Waals surface area contributed by atoms with Crippen LogP contribution in [0.25, 0.3) is 0 Å². The van der Waals surface area contributed by atoms with Crippen LogP contribution in [0.2, 0.25) is 5.02 Å². The number of pyridine rings is 1. The summed E-state index contributed by atoms with van der Waals surface area (Å²) in [5.41, 5.74) is 0.155. The van der Waals surface area contributed by atoms with Crippen LogP contribution in [-0.2, 0) is 14.6 Å². The normalized spacial score (nSPS) is 16.8. The number of anilines is 1. The first-order valence-electron chi connectivity index (χ1n) is 6.94. The molecule has 0 aliphatic heterocycles. The second kappa shape index (κ2) is 5.57. The van der Waals surface area contributed by atoms with E-state index in [2.05, 4.69) is 10.3 Å². The van der Waals surface area contributed by atoms with Crippen molar-refractivity contribution in [2.24, 2.45) is 5.41 Å². The number of hydrogen-bond acceptors (Lipinski definition) is 4. The molecule has 1 aliphatic carbocycles. The summed E-state index contributed by atoms with van der Waals surface area (Å²) >= 11 is 6.01. The van der Waals surface area contributed by atoms with E-state index >= 15 is 0 Å². The molecule has 1 N–H and O–H groups in total. The van der Waals surface area contributed by atoms with E-state index in [0.717, 1.165) is 19.3 Å². The highest BCUT2D eigenvalue weighted by atomic mass is 35.5. The maximum atomic E-state index is 12.1. The third-order valence-electron chi connectivity index (χ3n) is 3.97. The summed E-state index contributed by atoms with van der Waals surface area (Å²) in [4.78, 5) is 16.0. The Balaban J connectivity index is 2.22. The SMILES string of the molecule is CCC1(C(=O)Nc2cnc(S(=O)(=O)C(C)C)c(Cl)c2)CC1. The minimum absolute atomic E-state index is 0.0304. The highest BCUT2D eigenvalue weighted by Gasteiger charge is 2.47. The molecule has 21 heavy (non-hydrogen) atoms. The maximum Gasteiger partial charge on any atom is 0.230 e. The molecule has 1 aromatic heterocycles. The molecule has 1 aromatic rings. The number of carbonyl (C=O) groups excluding carboxylic acids is 1. The van der Waals surface area contributed by atoms with Crippen molar-refractivity contribution in [3.63, 3.8) is 0 Å². The van der Waals surface area contributed by atoms with Crippen molar-refractivity contribution in [1.29, 1.82) is 0 Å². The van der Waals surface area contributed by atoms with Gasteiger partial charge >= 0.3 is 0 Å². The molecule has 0 atom stereocenters. The van der Waals surface area contributed by atoms with E-state index in [0.29, 0.717) is 5.69 Å². The molecule has 5 nitrogen and oxygen atoms in total. The molecule has 1 saturated carbocycles. The van der Waals surface area contributed by atoms with Gasteiger partial charge in [0.15, 0.2) is 14.9 Å². The van der Waals surface area contributed by atoms with E-state index in [-0.39, 0.29) is 21.4 Å². The van der Waals surface area contributed by atoms with Gasteiger partial charge in [-0.25, -0.2) is 13.4 Å². The van der Waals surface area contributed by atoms with Crippen molar-refractivity contribution in [3.05, 3.63) is 17.3 Å². The summed E-state index contributed by atoms with van der Waals surface area (Å²) in [6.07, 6.45) is 3.90. The Morgan fingerprint density at radius 3 is 2.52 bits per heavy atom. The number of nitrogens with one attached hydrogen (secondary N) is 1. The quantitative estimate of drug-likeness (QED) is 0.900. The summed E-state index contributed by atoms with van der Waals surface area (Å²) in [5.74, 6) is -0.0534. The van der Waals surface area contributed by atoms with Crippen LogP contribution < -0.4 is 5.32 Å². The number of carbonyl (C=O) groups is 1. The van der Waals surface area contributed by atoms with E-state index in [1.807, 2.05) is 6.92 Å². The number of aromatic nitrogens is 1. The van der Waals surface area contributed by atoms with Crippen LogP contribution in [0.1, 0.15) is 40.0 Å². The third kappa shape index (κ3) is 3.06. The van der Waals surface area contributed by atoms with Crippen molar-refractivity contribution in [1.82, 2.24) is 4.98 Å². The van der Waals surface area contributed by atoms with Gasteiger partial charge in [-0.2, -0.15) is 0 Å². The smallest absolute Gasteiger partial charge is 0.230 e. The van der Waals surface area contributed by atoms with Gasteiger partial charge in [0, 0.05) is 5.41 Å². The summed E-state index contributed by atoms with van der Waals surface area (Å²) < 4.78 is 24.1. The first-order chi connectivity index (χ1) is 9.73. The minimum atomic E-state index is -3.53. The topological polar surface area (TPSA) is 76.1 Å². The molecule has 116 valence electrons. The monoisotopic (exact) mass is 330 g/mol. The molecular formula is C14H19ClN2O3S. The molecule has 7 heteroatoms. The van der Waals surface area contributed by atoms with E-state index < -0.39 is 15.1 Å². The Hall–Kier alpha value is -1.14. The van der Waals surface area contributed by atoms with Crippen LogP contribution >= 0.6 is 11.6 Å². The number of sulfone groups is 1. The van der Waals surface area contributed by atoms with Crippen molar-refractivity contribution in [3.8, 4) is 0 Å². The fraction of sp³-hybridized carbons (Fsp3) is 0.571. The lowest BCUT2D eigenvalue weighted by molar-refractivity contribution is -0.121. The fourth-order valence-electron chi connectivity index (χ4n) is 2.08. The molecule has 0 aromatic carbocycles. The number of halogens is 1. The second-order valence-electron chi connectivity index (χ2n) is 5.69.